The zero-order valence-corrected chi connectivity index (χ0v) is 18.8. The van der Waals surface area contributed by atoms with Gasteiger partial charge in [0, 0.05) is 22.2 Å². The fraction of sp³-hybridized carbons (Fsp3) is 0.364. The van der Waals surface area contributed by atoms with Gasteiger partial charge in [0.2, 0.25) is 5.91 Å². The Morgan fingerprint density at radius 2 is 1.86 bits per heavy atom. The molecule has 0 aliphatic carbocycles. The maximum atomic E-state index is 14.1. The average Bonchev–Trinajstić information content (AvgIpc) is 2.72. The molecule has 0 fully saturated rings. The van der Waals surface area contributed by atoms with Crippen LogP contribution in [-0.2, 0) is 16.1 Å². The van der Waals surface area contributed by atoms with E-state index >= 15 is 0 Å². The lowest BCUT2D eigenvalue weighted by molar-refractivity contribution is -0.142. The zero-order chi connectivity index (χ0) is 21.2. The van der Waals surface area contributed by atoms with Gasteiger partial charge in [-0.2, -0.15) is 0 Å². The minimum absolute atomic E-state index is 0.0100. The highest BCUT2D eigenvalue weighted by molar-refractivity contribution is 14.1. The number of ether oxygens (including phenoxy) is 1. The molecule has 0 bridgehead atoms. The number of benzene rings is 2. The molecule has 29 heavy (non-hydrogen) atoms. The van der Waals surface area contributed by atoms with Gasteiger partial charge in [0.05, 0.1) is 0 Å². The molecule has 0 aliphatic rings. The molecule has 1 atom stereocenters. The topological polar surface area (TPSA) is 58.6 Å². The van der Waals surface area contributed by atoms with Crippen molar-refractivity contribution in [1.82, 2.24) is 10.2 Å². The highest BCUT2D eigenvalue weighted by atomic mass is 127. The molecule has 2 aromatic carbocycles. The van der Waals surface area contributed by atoms with Crippen molar-refractivity contribution in [3.63, 3.8) is 0 Å². The average molecular weight is 512 g/mol. The van der Waals surface area contributed by atoms with E-state index in [4.69, 9.17) is 4.74 Å². The van der Waals surface area contributed by atoms with E-state index in [0.29, 0.717) is 17.9 Å². The SMILES string of the molecule is CCCCNC(=O)[C@H](C)N(Cc1ccccc1F)C(=O)COc1ccc(I)cc1. The number of nitrogens with zero attached hydrogens (tertiary/aromatic N) is 1. The number of halogens is 2. The van der Waals surface area contributed by atoms with Gasteiger partial charge in [0.15, 0.2) is 6.61 Å². The number of hydrogen-bond acceptors (Lipinski definition) is 3. The van der Waals surface area contributed by atoms with Crippen LogP contribution in [0, 0.1) is 9.39 Å². The molecule has 0 aliphatic heterocycles. The lowest BCUT2D eigenvalue weighted by atomic mass is 10.1. The minimum Gasteiger partial charge on any atom is -0.484 e. The summed E-state index contributed by atoms with van der Waals surface area (Å²) in [5, 5.41) is 2.83. The molecule has 1 N–H and O–H groups in total. The van der Waals surface area contributed by atoms with Crippen LogP contribution >= 0.6 is 22.6 Å². The molecule has 0 unspecified atom stereocenters. The van der Waals surface area contributed by atoms with E-state index in [1.54, 1.807) is 37.3 Å². The molecule has 0 saturated carbocycles. The van der Waals surface area contributed by atoms with E-state index in [2.05, 4.69) is 27.9 Å². The van der Waals surface area contributed by atoms with Crippen molar-refractivity contribution in [3.8, 4) is 5.75 Å². The van der Waals surface area contributed by atoms with Crippen LogP contribution in [0.2, 0.25) is 0 Å². The van der Waals surface area contributed by atoms with Crippen molar-refractivity contribution >= 4 is 34.4 Å². The smallest absolute Gasteiger partial charge is 0.261 e. The van der Waals surface area contributed by atoms with E-state index in [-0.39, 0.29) is 25.0 Å². The molecule has 0 saturated heterocycles. The Labute approximate surface area is 184 Å². The Hall–Kier alpha value is -2.16. The summed E-state index contributed by atoms with van der Waals surface area (Å²) in [6, 6.07) is 12.8. The number of amides is 2. The van der Waals surface area contributed by atoms with E-state index in [1.165, 1.54) is 11.0 Å². The third-order valence-electron chi connectivity index (χ3n) is 4.47. The van der Waals surface area contributed by atoms with Crippen LogP contribution < -0.4 is 10.1 Å². The Morgan fingerprint density at radius 1 is 1.17 bits per heavy atom. The lowest BCUT2D eigenvalue weighted by Gasteiger charge is -2.29. The molecule has 2 rings (SSSR count). The van der Waals surface area contributed by atoms with Crippen LogP contribution in [0.3, 0.4) is 0 Å². The largest absolute Gasteiger partial charge is 0.484 e. The Morgan fingerprint density at radius 3 is 2.52 bits per heavy atom. The van der Waals surface area contributed by atoms with Crippen molar-refractivity contribution in [2.75, 3.05) is 13.2 Å². The van der Waals surface area contributed by atoms with Gasteiger partial charge < -0.3 is 15.0 Å². The first-order valence-corrected chi connectivity index (χ1v) is 10.7. The second kappa shape index (κ2) is 11.7. The standard InChI is InChI=1S/C22H26FIN2O3/c1-3-4-13-25-22(28)16(2)26(14-17-7-5-6-8-20(17)23)21(27)15-29-19-11-9-18(24)10-12-19/h5-12,16H,3-4,13-15H2,1-2H3,(H,25,28)/t16-/m0/s1. The quantitative estimate of drug-likeness (QED) is 0.385. The first-order chi connectivity index (χ1) is 13.9. The van der Waals surface area contributed by atoms with Crippen LogP contribution in [0.25, 0.3) is 0 Å². The van der Waals surface area contributed by atoms with E-state index in [9.17, 15) is 14.0 Å². The summed E-state index contributed by atoms with van der Waals surface area (Å²) in [6.07, 6.45) is 1.81. The summed E-state index contributed by atoms with van der Waals surface area (Å²) in [4.78, 5) is 26.7. The van der Waals surface area contributed by atoms with Gasteiger partial charge in [-0.25, -0.2) is 4.39 Å². The van der Waals surface area contributed by atoms with Gasteiger partial charge in [-0.05, 0) is 66.3 Å². The van der Waals surface area contributed by atoms with Crippen molar-refractivity contribution < 1.29 is 18.7 Å². The fourth-order valence-electron chi connectivity index (χ4n) is 2.69. The molecule has 0 aromatic heterocycles. The summed E-state index contributed by atoms with van der Waals surface area (Å²) >= 11 is 2.18. The van der Waals surface area contributed by atoms with Gasteiger partial charge >= 0.3 is 0 Å². The first kappa shape index (κ1) is 23.1. The minimum atomic E-state index is -0.751. The predicted octanol–water partition coefficient (Wildman–Crippen LogP) is 4.14. The number of carbonyl (C=O) groups excluding carboxylic acids is 2. The van der Waals surface area contributed by atoms with Crippen molar-refractivity contribution in [1.29, 1.82) is 0 Å². The predicted molar refractivity (Wildman–Crippen MR) is 119 cm³/mol. The molecule has 5 nitrogen and oxygen atoms in total. The monoisotopic (exact) mass is 512 g/mol. The van der Waals surface area contributed by atoms with Gasteiger partial charge in [-0.3, -0.25) is 9.59 Å². The van der Waals surface area contributed by atoms with Crippen LogP contribution in [0.1, 0.15) is 32.3 Å². The Balaban J connectivity index is 2.11. The molecule has 0 radical (unpaired) electrons. The van der Waals surface area contributed by atoms with Crippen molar-refractivity contribution in [3.05, 3.63) is 63.5 Å². The van der Waals surface area contributed by atoms with Crippen LogP contribution in [-0.4, -0.2) is 35.9 Å². The molecular formula is C22H26FIN2O3. The summed E-state index contributed by atoms with van der Waals surface area (Å²) in [6.45, 7) is 3.97. The first-order valence-electron chi connectivity index (χ1n) is 9.61. The van der Waals surface area contributed by atoms with Gasteiger partial charge in [-0.1, -0.05) is 31.5 Å². The second-order valence-corrected chi connectivity index (χ2v) is 7.92. The summed E-state index contributed by atoms with van der Waals surface area (Å²) in [5.41, 5.74) is 0.350. The lowest BCUT2D eigenvalue weighted by Crippen LogP contribution is -2.49. The summed E-state index contributed by atoms with van der Waals surface area (Å²) < 4.78 is 20.8. The third-order valence-corrected chi connectivity index (χ3v) is 5.19. The molecule has 2 amide bonds. The maximum Gasteiger partial charge on any atom is 0.261 e. The van der Waals surface area contributed by atoms with Crippen LogP contribution in [0.15, 0.2) is 48.5 Å². The van der Waals surface area contributed by atoms with Crippen molar-refractivity contribution in [2.45, 2.75) is 39.3 Å². The van der Waals surface area contributed by atoms with E-state index in [0.717, 1.165) is 16.4 Å². The molecule has 2 aromatic rings. The maximum absolute atomic E-state index is 14.1. The Kier molecular flexibility index (Phi) is 9.37. The number of hydrogen-bond donors (Lipinski definition) is 1. The highest BCUT2D eigenvalue weighted by Gasteiger charge is 2.27. The molecule has 0 heterocycles. The van der Waals surface area contributed by atoms with E-state index < -0.39 is 11.9 Å². The van der Waals surface area contributed by atoms with Crippen molar-refractivity contribution in [2.24, 2.45) is 0 Å². The Bertz CT molecular complexity index is 814. The molecule has 156 valence electrons. The third kappa shape index (κ3) is 7.30. The fourth-order valence-corrected chi connectivity index (χ4v) is 3.05. The van der Waals surface area contributed by atoms with Gasteiger partial charge in [0.1, 0.15) is 17.6 Å². The van der Waals surface area contributed by atoms with Crippen LogP contribution in [0.4, 0.5) is 4.39 Å². The summed E-state index contributed by atoms with van der Waals surface area (Å²) in [7, 11) is 0. The van der Waals surface area contributed by atoms with E-state index in [1.807, 2.05) is 19.1 Å². The van der Waals surface area contributed by atoms with Gasteiger partial charge in [-0.15, -0.1) is 0 Å². The number of nitrogens with one attached hydrogen (secondary N) is 1. The number of rotatable bonds is 10. The number of carbonyl (C=O) groups is 2. The molecule has 7 heteroatoms. The second-order valence-electron chi connectivity index (χ2n) is 6.68. The zero-order valence-electron chi connectivity index (χ0n) is 16.7. The van der Waals surface area contributed by atoms with Gasteiger partial charge in [0.25, 0.3) is 5.91 Å². The highest BCUT2D eigenvalue weighted by Crippen LogP contribution is 2.16. The summed E-state index contributed by atoms with van der Waals surface area (Å²) in [5.74, 6) is -0.505. The van der Waals surface area contributed by atoms with Crippen LogP contribution in [0.5, 0.6) is 5.75 Å². The normalized spacial score (nSPS) is 11.6. The molecular weight excluding hydrogens is 486 g/mol. The molecule has 0 spiro atoms. The number of unbranched alkanes of at least 4 members (excludes halogenated alkanes) is 1.